The first-order valence-corrected chi connectivity index (χ1v) is 4.43. The number of carbonyl (C=O) groups excluding carboxylic acids is 1. The highest BCUT2D eigenvalue weighted by molar-refractivity contribution is 5.92. The molecule has 0 fully saturated rings. The Hall–Kier alpha value is -2.02. The molecule has 7 heteroatoms. The van der Waals surface area contributed by atoms with Gasteiger partial charge in [-0.05, 0) is 19.2 Å². The molecule has 6 nitrogen and oxygen atoms in total. The Kier molecular flexibility index (Phi) is 3.90. The van der Waals surface area contributed by atoms with Gasteiger partial charge in [-0.2, -0.15) is 4.39 Å². The van der Waals surface area contributed by atoms with Gasteiger partial charge in [-0.3, -0.25) is 14.9 Å². The Morgan fingerprint density at radius 3 is 2.81 bits per heavy atom. The summed E-state index contributed by atoms with van der Waals surface area (Å²) in [7, 11) is 1.59. The summed E-state index contributed by atoms with van der Waals surface area (Å²) in [6.45, 7) is 0.0746. The van der Waals surface area contributed by atoms with E-state index in [1.807, 2.05) is 0 Å². The zero-order valence-electron chi connectivity index (χ0n) is 8.49. The molecule has 0 heterocycles. The number of rotatable bonds is 4. The van der Waals surface area contributed by atoms with Gasteiger partial charge < -0.3 is 10.6 Å². The molecule has 0 saturated carbocycles. The van der Waals surface area contributed by atoms with Crippen LogP contribution in [0.2, 0.25) is 0 Å². The van der Waals surface area contributed by atoms with Gasteiger partial charge in [0.25, 0.3) is 0 Å². The first-order chi connectivity index (χ1) is 7.54. The summed E-state index contributed by atoms with van der Waals surface area (Å²) in [6.07, 6.45) is 0. The zero-order chi connectivity index (χ0) is 12.1. The molecular formula is C9H10FN3O3. The van der Waals surface area contributed by atoms with E-state index in [0.717, 1.165) is 12.1 Å². The number of nitro groups is 1. The van der Waals surface area contributed by atoms with Crippen molar-refractivity contribution in [2.45, 2.75) is 0 Å². The highest BCUT2D eigenvalue weighted by Gasteiger charge is 2.14. The fraction of sp³-hybridized carbons (Fsp3) is 0.222. The quantitative estimate of drug-likeness (QED) is 0.591. The number of nitro benzene ring substituents is 1. The second-order valence-electron chi connectivity index (χ2n) is 3.00. The van der Waals surface area contributed by atoms with Crippen molar-refractivity contribution in [2.24, 2.45) is 0 Å². The predicted molar refractivity (Wildman–Crippen MR) is 55.6 cm³/mol. The van der Waals surface area contributed by atoms with E-state index in [-0.39, 0.29) is 18.1 Å². The highest BCUT2D eigenvalue weighted by atomic mass is 19.1. The van der Waals surface area contributed by atoms with Crippen LogP contribution >= 0.6 is 0 Å². The Morgan fingerprint density at radius 2 is 2.25 bits per heavy atom. The Balaban J connectivity index is 2.87. The molecule has 0 unspecified atom stereocenters. The third-order valence-corrected chi connectivity index (χ3v) is 1.76. The number of hydrogen-bond acceptors (Lipinski definition) is 4. The maximum absolute atomic E-state index is 12.9. The molecule has 0 saturated heterocycles. The van der Waals surface area contributed by atoms with Crippen LogP contribution in [0.4, 0.5) is 15.8 Å². The van der Waals surface area contributed by atoms with Gasteiger partial charge in [-0.25, -0.2) is 0 Å². The first kappa shape index (κ1) is 12.1. The van der Waals surface area contributed by atoms with E-state index in [2.05, 4.69) is 10.6 Å². The van der Waals surface area contributed by atoms with Crippen molar-refractivity contribution in [2.75, 3.05) is 18.9 Å². The van der Waals surface area contributed by atoms with Crippen molar-refractivity contribution in [3.05, 3.63) is 34.1 Å². The van der Waals surface area contributed by atoms with Crippen molar-refractivity contribution < 1.29 is 14.1 Å². The predicted octanol–water partition coefficient (Wildman–Crippen LogP) is 0.892. The number of hydrogen-bond donors (Lipinski definition) is 2. The van der Waals surface area contributed by atoms with E-state index in [9.17, 15) is 19.3 Å². The average Bonchev–Trinajstić information content (AvgIpc) is 2.21. The fourth-order valence-corrected chi connectivity index (χ4v) is 1.10. The smallest absolute Gasteiger partial charge is 0.306 e. The van der Waals surface area contributed by atoms with E-state index in [1.54, 1.807) is 7.05 Å². The topological polar surface area (TPSA) is 84.3 Å². The van der Waals surface area contributed by atoms with E-state index < -0.39 is 16.4 Å². The molecule has 86 valence electrons. The lowest BCUT2D eigenvalue weighted by atomic mass is 10.2. The molecule has 2 N–H and O–H groups in total. The van der Waals surface area contributed by atoms with Crippen molar-refractivity contribution in [1.29, 1.82) is 0 Å². The highest BCUT2D eigenvalue weighted by Crippen LogP contribution is 2.21. The molecule has 0 aliphatic heterocycles. The van der Waals surface area contributed by atoms with Crippen LogP contribution in [-0.4, -0.2) is 24.4 Å². The summed E-state index contributed by atoms with van der Waals surface area (Å²) in [5.74, 6) is -1.29. The molecule has 0 atom stereocenters. The lowest BCUT2D eigenvalue weighted by molar-refractivity contribution is -0.387. The van der Waals surface area contributed by atoms with Gasteiger partial charge in [-0.1, -0.05) is 0 Å². The van der Waals surface area contributed by atoms with Gasteiger partial charge in [0.1, 0.15) is 0 Å². The number of anilines is 1. The minimum Gasteiger partial charge on any atom is -0.325 e. The van der Waals surface area contributed by atoms with Crippen LogP contribution in [0, 0.1) is 15.9 Å². The Labute approximate surface area is 90.6 Å². The van der Waals surface area contributed by atoms with Crippen molar-refractivity contribution in [3.63, 3.8) is 0 Å². The average molecular weight is 227 g/mol. The monoisotopic (exact) mass is 227 g/mol. The van der Waals surface area contributed by atoms with Gasteiger partial charge in [0.2, 0.25) is 11.7 Å². The Morgan fingerprint density at radius 1 is 1.56 bits per heavy atom. The molecule has 0 radical (unpaired) electrons. The fourth-order valence-electron chi connectivity index (χ4n) is 1.10. The molecule has 1 rings (SSSR count). The van der Waals surface area contributed by atoms with Crippen LogP contribution in [0.15, 0.2) is 18.2 Å². The molecule has 1 aromatic carbocycles. The molecule has 1 aromatic rings. The molecule has 1 amide bonds. The lowest BCUT2D eigenvalue weighted by Gasteiger charge is -2.04. The number of amides is 1. The second kappa shape index (κ2) is 5.17. The maximum atomic E-state index is 12.9. The van der Waals surface area contributed by atoms with E-state index in [1.165, 1.54) is 6.07 Å². The largest absolute Gasteiger partial charge is 0.325 e. The third kappa shape index (κ3) is 2.99. The zero-order valence-corrected chi connectivity index (χ0v) is 8.49. The van der Waals surface area contributed by atoms with Gasteiger partial charge >= 0.3 is 5.69 Å². The number of carbonyl (C=O) groups is 1. The van der Waals surface area contributed by atoms with Gasteiger partial charge in [0.15, 0.2) is 0 Å². The summed E-state index contributed by atoms with van der Waals surface area (Å²) < 4.78 is 12.9. The van der Waals surface area contributed by atoms with Crippen molar-refractivity contribution >= 4 is 17.3 Å². The van der Waals surface area contributed by atoms with E-state index >= 15 is 0 Å². The lowest BCUT2D eigenvalue weighted by Crippen LogP contribution is -2.25. The molecule has 0 bridgehead atoms. The van der Waals surface area contributed by atoms with Crippen LogP contribution in [0.5, 0.6) is 0 Å². The number of likely N-dealkylation sites (N-methyl/N-ethyl adjacent to an activating group) is 1. The molecule has 0 aromatic heterocycles. The molecule has 0 aliphatic rings. The summed E-state index contributed by atoms with van der Waals surface area (Å²) in [4.78, 5) is 20.7. The summed E-state index contributed by atoms with van der Waals surface area (Å²) >= 11 is 0. The van der Waals surface area contributed by atoms with Gasteiger partial charge in [0, 0.05) is 11.8 Å². The molecule has 0 spiro atoms. The van der Waals surface area contributed by atoms with Gasteiger partial charge in [-0.15, -0.1) is 0 Å². The Bertz CT molecular complexity index is 422. The summed E-state index contributed by atoms with van der Waals surface area (Å²) in [6, 6.07) is 3.17. The van der Waals surface area contributed by atoms with Gasteiger partial charge in [0.05, 0.1) is 11.5 Å². The minimum absolute atomic E-state index is 0.0746. The van der Waals surface area contributed by atoms with Crippen LogP contribution < -0.4 is 10.6 Å². The second-order valence-corrected chi connectivity index (χ2v) is 3.00. The first-order valence-electron chi connectivity index (χ1n) is 4.43. The van der Waals surface area contributed by atoms with Crippen LogP contribution in [-0.2, 0) is 4.79 Å². The molecule has 0 aliphatic carbocycles. The minimum atomic E-state index is -0.934. The van der Waals surface area contributed by atoms with Crippen LogP contribution in [0.1, 0.15) is 0 Å². The van der Waals surface area contributed by atoms with Crippen LogP contribution in [0.3, 0.4) is 0 Å². The number of benzene rings is 1. The van der Waals surface area contributed by atoms with Crippen LogP contribution in [0.25, 0.3) is 0 Å². The standard InChI is InChI=1S/C9H10FN3O3/c1-11-5-9(14)12-6-2-3-7(10)8(4-6)13(15)16/h2-4,11H,5H2,1H3,(H,12,14). The summed E-state index contributed by atoms with van der Waals surface area (Å²) in [5, 5.41) is 15.4. The normalized spacial score (nSPS) is 9.88. The molecular weight excluding hydrogens is 217 g/mol. The third-order valence-electron chi connectivity index (χ3n) is 1.76. The molecule has 16 heavy (non-hydrogen) atoms. The van der Waals surface area contributed by atoms with E-state index in [0.29, 0.717) is 0 Å². The van der Waals surface area contributed by atoms with Crippen molar-refractivity contribution in [3.8, 4) is 0 Å². The number of nitrogens with one attached hydrogen (secondary N) is 2. The SMILES string of the molecule is CNCC(=O)Nc1ccc(F)c([N+](=O)[O-])c1. The van der Waals surface area contributed by atoms with Crippen molar-refractivity contribution in [1.82, 2.24) is 5.32 Å². The number of halogens is 1. The number of nitrogens with zero attached hydrogens (tertiary/aromatic N) is 1. The maximum Gasteiger partial charge on any atom is 0.306 e. The van der Waals surface area contributed by atoms with E-state index in [4.69, 9.17) is 0 Å². The summed E-state index contributed by atoms with van der Waals surface area (Å²) in [5.41, 5.74) is -0.476.